The van der Waals surface area contributed by atoms with Crippen LogP contribution in [-0.2, 0) is 6.54 Å². The summed E-state index contributed by atoms with van der Waals surface area (Å²) in [7, 11) is 0. The molecule has 0 aromatic heterocycles. The smallest absolute Gasteiger partial charge is 0.188 e. The van der Waals surface area contributed by atoms with Crippen molar-refractivity contribution in [1.82, 2.24) is 5.32 Å². The molecule has 0 aliphatic rings. The zero-order valence-electron chi connectivity index (χ0n) is 12.9. The first-order chi connectivity index (χ1) is 9.63. The average Bonchev–Trinajstić information content (AvgIpc) is 2.43. The lowest BCUT2D eigenvalue weighted by Gasteiger charge is -2.11. The SMILES string of the molecule is CCCNC(N)=NCc1ccccc1OCCC(C)C. The van der Waals surface area contributed by atoms with Gasteiger partial charge in [-0.05, 0) is 24.8 Å². The summed E-state index contributed by atoms with van der Waals surface area (Å²) in [5, 5.41) is 3.07. The van der Waals surface area contributed by atoms with E-state index in [2.05, 4.69) is 31.1 Å². The number of nitrogens with one attached hydrogen (secondary N) is 1. The van der Waals surface area contributed by atoms with Crippen molar-refractivity contribution in [2.75, 3.05) is 13.2 Å². The minimum atomic E-state index is 0.490. The molecular formula is C16H27N3O. The molecule has 4 heteroatoms. The third kappa shape index (κ3) is 6.45. The van der Waals surface area contributed by atoms with Gasteiger partial charge < -0.3 is 15.8 Å². The molecule has 0 radical (unpaired) electrons. The van der Waals surface area contributed by atoms with Crippen LogP contribution in [0, 0.1) is 5.92 Å². The molecule has 0 saturated carbocycles. The molecule has 0 amide bonds. The summed E-state index contributed by atoms with van der Waals surface area (Å²) in [5.74, 6) is 2.04. The molecule has 0 saturated heterocycles. The number of rotatable bonds is 8. The number of para-hydroxylation sites is 1. The molecule has 3 N–H and O–H groups in total. The van der Waals surface area contributed by atoms with Crippen LogP contribution in [0.5, 0.6) is 5.75 Å². The second-order valence-electron chi connectivity index (χ2n) is 5.27. The van der Waals surface area contributed by atoms with Crippen molar-refractivity contribution in [2.45, 2.75) is 40.2 Å². The number of nitrogens with two attached hydrogens (primary N) is 1. The predicted octanol–water partition coefficient (Wildman–Crippen LogP) is 2.93. The standard InChI is InChI=1S/C16H27N3O/c1-4-10-18-16(17)19-12-14-7-5-6-8-15(14)20-11-9-13(2)3/h5-8,13H,4,9-12H2,1-3H3,(H3,17,18,19). The monoisotopic (exact) mass is 277 g/mol. The molecule has 0 spiro atoms. The van der Waals surface area contributed by atoms with Crippen molar-refractivity contribution in [3.63, 3.8) is 0 Å². The third-order valence-corrected chi connectivity index (χ3v) is 2.90. The Balaban J connectivity index is 2.56. The zero-order valence-corrected chi connectivity index (χ0v) is 12.9. The Bertz CT molecular complexity index is 416. The van der Waals surface area contributed by atoms with Crippen LogP contribution in [0.2, 0.25) is 0 Å². The highest BCUT2D eigenvalue weighted by molar-refractivity contribution is 5.77. The van der Waals surface area contributed by atoms with Crippen LogP contribution in [0.25, 0.3) is 0 Å². The second-order valence-corrected chi connectivity index (χ2v) is 5.27. The number of benzene rings is 1. The maximum absolute atomic E-state index is 5.83. The lowest BCUT2D eigenvalue weighted by atomic mass is 10.1. The summed E-state index contributed by atoms with van der Waals surface area (Å²) in [6.07, 6.45) is 2.09. The minimum absolute atomic E-state index is 0.490. The number of hydrogen-bond donors (Lipinski definition) is 2. The van der Waals surface area contributed by atoms with Gasteiger partial charge in [-0.25, -0.2) is 4.99 Å². The van der Waals surface area contributed by atoms with Crippen LogP contribution in [0.15, 0.2) is 29.3 Å². The first-order valence-electron chi connectivity index (χ1n) is 7.38. The fourth-order valence-electron chi connectivity index (χ4n) is 1.66. The first-order valence-corrected chi connectivity index (χ1v) is 7.38. The third-order valence-electron chi connectivity index (χ3n) is 2.90. The van der Waals surface area contributed by atoms with E-state index >= 15 is 0 Å². The molecule has 112 valence electrons. The van der Waals surface area contributed by atoms with Gasteiger partial charge in [0, 0.05) is 12.1 Å². The van der Waals surface area contributed by atoms with E-state index in [0.29, 0.717) is 18.4 Å². The topological polar surface area (TPSA) is 59.6 Å². The second kappa shape index (κ2) is 9.23. The van der Waals surface area contributed by atoms with Gasteiger partial charge in [-0.15, -0.1) is 0 Å². The zero-order chi connectivity index (χ0) is 14.8. The van der Waals surface area contributed by atoms with E-state index in [4.69, 9.17) is 10.5 Å². The van der Waals surface area contributed by atoms with E-state index in [9.17, 15) is 0 Å². The van der Waals surface area contributed by atoms with Crippen LogP contribution in [0.4, 0.5) is 0 Å². The fraction of sp³-hybridized carbons (Fsp3) is 0.562. The van der Waals surface area contributed by atoms with E-state index in [0.717, 1.165) is 37.3 Å². The van der Waals surface area contributed by atoms with Gasteiger partial charge in [0.1, 0.15) is 5.75 Å². The van der Waals surface area contributed by atoms with Gasteiger partial charge in [0.05, 0.1) is 13.2 Å². The molecular weight excluding hydrogens is 250 g/mol. The summed E-state index contributed by atoms with van der Waals surface area (Å²) in [4.78, 5) is 4.34. The van der Waals surface area contributed by atoms with Gasteiger partial charge in [0.15, 0.2) is 5.96 Å². The number of guanidine groups is 1. The van der Waals surface area contributed by atoms with Crippen LogP contribution in [-0.4, -0.2) is 19.1 Å². The molecule has 1 aromatic carbocycles. The van der Waals surface area contributed by atoms with E-state index < -0.39 is 0 Å². The molecule has 0 aliphatic carbocycles. The molecule has 0 heterocycles. The maximum atomic E-state index is 5.83. The lowest BCUT2D eigenvalue weighted by Crippen LogP contribution is -2.32. The van der Waals surface area contributed by atoms with Crippen molar-refractivity contribution in [1.29, 1.82) is 0 Å². The van der Waals surface area contributed by atoms with Crippen LogP contribution in [0.1, 0.15) is 39.2 Å². The first kappa shape index (κ1) is 16.3. The number of hydrogen-bond acceptors (Lipinski definition) is 2. The Labute approximate surface area is 122 Å². The molecule has 0 fully saturated rings. The van der Waals surface area contributed by atoms with Gasteiger partial charge in [0.2, 0.25) is 0 Å². The average molecular weight is 277 g/mol. The highest BCUT2D eigenvalue weighted by atomic mass is 16.5. The highest BCUT2D eigenvalue weighted by Crippen LogP contribution is 2.19. The van der Waals surface area contributed by atoms with Crippen molar-refractivity contribution in [2.24, 2.45) is 16.6 Å². The molecule has 20 heavy (non-hydrogen) atoms. The Morgan fingerprint density at radius 2 is 2.10 bits per heavy atom. The lowest BCUT2D eigenvalue weighted by molar-refractivity contribution is 0.287. The molecule has 1 rings (SSSR count). The number of ether oxygens (including phenoxy) is 1. The van der Waals surface area contributed by atoms with Crippen molar-refractivity contribution >= 4 is 5.96 Å². The molecule has 0 atom stereocenters. The summed E-state index contributed by atoms with van der Waals surface area (Å²) in [5.41, 5.74) is 6.86. The Kier molecular flexibility index (Phi) is 7.55. The van der Waals surface area contributed by atoms with Gasteiger partial charge in [-0.3, -0.25) is 0 Å². The minimum Gasteiger partial charge on any atom is -0.493 e. The molecule has 0 bridgehead atoms. The number of nitrogens with zero attached hydrogens (tertiary/aromatic N) is 1. The van der Waals surface area contributed by atoms with Crippen LogP contribution >= 0.6 is 0 Å². The summed E-state index contributed by atoms with van der Waals surface area (Å²) < 4.78 is 5.83. The normalized spacial score (nSPS) is 11.7. The fourth-order valence-corrected chi connectivity index (χ4v) is 1.66. The maximum Gasteiger partial charge on any atom is 0.188 e. The van der Waals surface area contributed by atoms with Crippen LogP contribution in [0.3, 0.4) is 0 Å². The van der Waals surface area contributed by atoms with Gasteiger partial charge in [-0.2, -0.15) is 0 Å². The molecule has 0 unspecified atom stereocenters. The van der Waals surface area contributed by atoms with Gasteiger partial charge in [0.25, 0.3) is 0 Å². The highest BCUT2D eigenvalue weighted by Gasteiger charge is 2.03. The van der Waals surface area contributed by atoms with Gasteiger partial charge >= 0.3 is 0 Å². The van der Waals surface area contributed by atoms with E-state index in [-0.39, 0.29) is 0 Å². The Morgan fingerprint density at radius 1 is 1.35 bits per heavy atom. The molecule has 1 aromatic rings. The van der Waals surface area contributed by atoms with Crippen molar-refractivity contribution in [3.05, 3.63) is 29.8 Å². The van der Waals surface area contributed by atoms with E-state index in [1.54, 1.807) is 0 Å². The van der Waals surface area contributed by atoms with E-state index in [1.165, 1.54) is 0 Å². The molecule has 4 nitrogen and oxygen atoms in total. The summed E-state index contributed by atoms with van der Waals surface area (Å²) in [6.45, 7) is 8.61. The van der Waals surface area contributed by atoms with E-state index in [1.807, 2.05) is 24.3 Å². The summed E-state index contributed by atoms with van der Waals surface area (Å²) in [6, 6.07) is 7.99. The Morgan fingerprint density at radius 3 is 2.80 bits per heavy atom. The Hall–Kier alpha value is -1.71. The summed E-state index contributed by atoms with van der Waals surface area (Å²) >= 11 is 0. The molecule has 0 aliphatic heterocycles. The predicted molar refractivity (Wildman–Crippen MR) is 85.0 cm³/mol. The van der Waals surface area contributed by atoms with Gasteiger partial charge in [-0.1, -0.05) is 39.0 Å². The quantitative estimate of drug-likeness (QED) is 0.567. The van der Waals surface area contributed by atoms with Crippen molar-refractivity contribution < 1.29 is 4.74 Å². The largest absolute Gasteiger partial charge is 0.493 e. The van der Waals surface area contributed by atoms with Crippen molar-refractivity contribution in [3.8, 4) is 5.75 Å². The van der Waals surface area contributed by atoms with Crippen LogP contribution < -0.4 is 15.8 Å². The number of aliphatic imine (C=N–C) groups is 1.